The molecule has 6 nitrogen and oxygen atoms in total. The molecule has 2 N–H and O–H groups in total. The summed E-state index contributed by atoms with van der Waals surface area (Å²) in [6, 6.07) is 22.0. The van der Waals surface area contributed by atoms with Gasteiger partial charge in [0.05, 0.1) is 0 Å². The number of aliphatic carboxylic acids is 1. The molecule has 0 radical (unpaired) electrons. The van der Waals surface area contributed by atoms with Crippen LogP contribution in [0.25, 0.3) is 11.1 Å². The third-order valence-corrected chi connectivity index (χ3v) is 5.66. The fraction of sp³-hybridized carbons (Fsp3) is 0.185. The average Bonchev–Trinajstić information content (AvgIpc) is 3.15. The normalized spacial score (nSPS) is 12.8. The van der Waals surface area contributed by atoms with Crippen LogP contribution in [0.2, 0.25) is 0 Å². The zero-order valence-corrected chi connectivity index (χ0v) is 18.1. The highest BCUT2D eigenvalue weighted by Crippen LogP contribution is 2.44. The maximum atomic E-state index is 12.5. The molecule has 0 unspecified atom stereocenters. The van der Waals surface area contributed by atoms with E-state index in [2.05, 4.69) is 24.0 Å². The van der Waals surface area contributed by atoms with Crippen LogP contribution in [-0.4, -0.2) is 36.4 Å². The lowest BCUT2D eigenvalue weighted by molar-refractivity contribution is -0.139. The highest BCUT2D eigenvalue weighted by molar-refractivity contribution is 5.81. The number of ether oxygens (including phenoxy) is 2. The first kappa shape index (κ1) is 22.1. The summed E-state index contributed by atoms with van der Waals surface area (Å²) in [6.45, 7) is 4.12. The smallest absolute Gasteiger partial charge is 0.407 e. The Kier molecular flexibility index (Phi) is 6.74. The molecule has 6 heteroatoms. The largest absolute Gasteiger partial charge is 0.490 e. The van der Waals surface area contributed by atoms with Crippen LogP contribution in [0.4, 0.5) is 4.79 Å². The number of amides is 1. The van der Waals surface area contributed by atoms with Crippen molar-refractivity contribution in [2.24, 2.45) is 0 Å². The summed E-state index contributed by atoms with van der Waals surface area (Å²) in [7, 11) is 0. The first-order chi connectivity index (χ1) is 16.1. The molecular formula is C27H25NO5. The van der Waals surface area contributed by atoms with E-state index in [0.29, 0.717) is 12.4 Å². The molecule has 0 spiro atoms. The predicted octanol–water partition coefficient (Wildman–Crippen LogP) is 4.79. The second-order valence-corrected chi connectivity index (χ2v) is 7.81. The van der Waals surface area contributed by atoms with Crippen molar-refractivity contribution in [1.82, 2.24) is 5.32 Å². The molecule has 0 bridgehead atoms. The quantitative estimate of drug-likeness (QED) is 0.465. The lowest BCUT2D eigenvalue weighted by Gasteiger charge is -2.17. The molecule has 0 saturated carbocycles. The number of hydrogen-bond acceptors (Lipinski definition) is 4. The molecule has 0 saturated heterocycles. The van der Waals surface area contributed by atoms with E-state index in [-0.39, 0.29) is 18.9 Å². The van der Waals surface area contributed by atoms with Gasteiger partial charge in [0, 0.05) is 12.3 Å². The second kappa shape index (κ2) is 10.0. The maximum absolute atomic E-state index is 12.5. The van der Waals surface area contributed by atoms with Crippen LogP contribution < -0.4 is 10.1 Å². The first-order valence-electron chi connectivity index (χ1n) is 10.7. The summed E-state index contributed by atoms with van der Waals surface area (Å²) in [5.41, 5.74) is 5.21. The van der Waals surface area contributed by atoms with Crippen molar-refractivity contribution >= 4 is 12.1 Å². The van der Waals surface area contributed by atoms with Gasteiger partial charge in [0.1, 0.15) is 25.0 Å². The van der Waals surface area contributed by atoms with Crippen molar-refractivity contribution in [1.29, 1.82) is 0 Å². The molecule has 1 atom stereocenters. The van der Waals surface area contributed by atoms with Gasteiger partial charge >= 0.3 is 12.1 Å². The molecular weight excluding hydrogens is 418 g/mol. The van der Waals surface area contributed by atoms with Crippen LogP contribution in [0, 0.1) is 0 Å². The van der Waals surface area contributed by atoms with Crippen LogP contribution in [0.15, 0.2) is 85.5 Å². The van der Waals surface area contributed by atoms with Crippen LogP contribution in [0.1, 0.15) is 22.6 Å². The molecule has 0 aromatic heterocycles. The van der Waals surface area contributed by atoms with E-state index in [4.69, 9.17) is 9.47 Å². The van der Waals surface area contributed by atoms with E-state index in [9.17, 15) is 14.7 Å². The molecule has 1 amide bonds. The van der Waals surface area contributed by atoms with Gasteiger partial charge in [-0.1, -0.05) is 73.3 Å². The molecule has 33 heavy (non-hydrogen) atoms. The lowest BCUT2D eigenvalue weighted by atomic mass is 9.98. The van der Waals surface area contributed by atoms with E-state index in [1.54, 1.807) is 30.3 Å². The average molecular weight is 443 g/mol. The minimum atomic E-state index is -1.13. The predicted molar refractivity (Wildman–Crippen MR) is 125 cm³/mol. The van der Waals surface area contributed by atoms with Gasteiger partial charge in [-0.15, -0.1) is 0 Å². The first-order valence-corrected chi connectivity index (χ1v) is 10.7. The van der Waals surface area contributed by atoms with Gasteiger partial charge in [0.2, 0.25) is 0 Å². The third-order valence-electron chi connectivity index (χ3n) is 5.66. The Balaban J connectivity index is 1.38. The fourth-order valence-electron chi connectivity index (χ4n) is 4.10. The zero-order chi connectivity index (χ0) is 23.2. The summed E-state index contributed by atoms with van der Waals surface area (Å²) in [6.07, 6.45) is 1.02. The molecule has 3 aromatic carbocycles. The van der Waals surface area contributed by atoms with Gasteiger partial charge in [-0.25, -0.2) is 9.59 Å². The summed E-state index contributed by atoms with van der Waals surface area (Å²) in [4.78, 5) is 24.2. The van der Waals surface area contributed by atoms with Crippen molar-refractivity contribution in [3.8, 4) is 16.9 Å². The van der Waals surface area contributed by atoms with Gasteiger partial charge in [-0.3, -0.25) is 0 Å². The number of rotatable bonds is 9. The molecule has 0 fully saturated rings. The summed E-state index contributed by atoms with van der Waals surface area (Å²) in [5.74, 6) is -0.556. The third kappa shape index (κ3) is 5.06. The zero-order valence-electron chi connectivity index (χ0n) is 18.1. The van der Waals surface area contributed by atoms with Crippen LogP contribution in [0.3, 0.4) is 0 Å². The number of nitrogens with one attached hydrogen (secondary N) is 1. The number of hydrogen-bond donors (Lipinski definition) is 2. The summed E-state index contributed by atoms with van der Waals surface area (Å²) in [5, 5.41) is 12.1. The van der Waals surface area contributed by atoms with Crippen molar-refractivity contribution in [3.05, 3.63) is 102 Å². The van der Waals surface area contributed by atoms with E-state index in [1.807, 2.05) is 36.4 Å². The highest BCUT2D eigenvalue weighted by atomic mass is 16.5. The molecule has 1 aliphatic rings. The van der Waals surface area contributed by atoms with Gasteiger partial charge in [0.25, 0.3) is 0 Å². The Labute approximate surface area is 192 Å². The van der Waals surface area contributed by atoms with Gasteiger partial charge in [-0.05, 0) is 39.9 Å². The number of carboxylic acids is 1. The minimum Gasteiger partial charge on any atom is -0.490 e. The fourth-order valence-corrected chi connectivity index (χ4v) is 4.10. The van der Waals surface area contributed by atoms with E-state index < -0.39 is 18.1 Å². The number of benzene rings is 3. The van der Waals surface area contributed by atoms with Crippen molar-refractivity contribution < 1.29 is 24.2 Å². The lowest BCUT2D eigenvalue weighted by Crippen LogP contribution is -2.42. The number of carbonyl (C=O) groups excluding carboxylic acids is 1. The van der Waals surface area contributed by atoms with Crippen molar-refractivity contribution in [2.45, 2.75) is 18.4 Å². The Bertz CT molecular complexity index is 1110. The Morgan fingerprint density at radius 2 is 1.58 bits per heavy atom. The molecule has 3 aromatic rings. The van der Waals surface area contributed by atoms with Gasteiger partial charge in [-0.2, -0.15) is 0 Å². The number of carboxylic acid groups (broad SMARTS) is 1. The molecule has 1 aliphatic carbocycles. The van der Waals surface area contributed by atoms with Crippen molar-refractivity contribution in [2.75, 3.05) is 13.2 Å². The van der Waals surface area contributed by atoms with E-state index in [1.165, 1.54) is 0 Å². The Hall–Kier alpha value is -4.06. The number of alkyl carbamates (subject to hydrolysis) is 1. The number of fused-ring (bicyclic) bond motifs is 3. The monoisotopic (exact) mass is 443 g/mol. The maximum Gasteiger partial charge on any atom is 0.407 e. The van der Waals surface area contributed by atoms with E-state index >= 15 is 0 Å². The van der Waals surface area contributed by atoms with Crippen LogP contribution in [0.5, 0.6) is 5.75 Å². The molecule has 0 aliphatic heterocycles. The highest BCUT2D eigenvalue weighted by Gasteiger charge is 2.29. The van der Waals surface area contributed by atoms with Crippen LogP contribution >= 0.6 is 0 Å². The second-order valence-electron chi connectivity index (χ2n) is 7.81. The van der Waals surface area contributed by atoms with E-state index in [0.717, 1.165) is 27.8 Å². The summed E-state index contributed by atoms with van der Waals surface area (Å²) >= 11 is 0. The van der Waals surface area contributed by atoms with Gasteiger partial charge in [0.15, 0.2) is 0 Å². The van der Waals surface area contributed by atoms with Crippen molar-refractivity contribution in [3.63, 3.8) is 0 Å². The number of carbonyl (C=O) groups is 2. The molecule has 0 heterocycles. The minimum absolute atomic E-state index is 0.0884. The standard InChI is InChI=1S/C27H25NO5/c1-2-15-32-19-13-11-18(12-14-19)16-25(26(29)30)28-27(31)33-17-24-22-9-5-3-7-20(22)21-8-4-6-10-23(21)24/h2-14,24-25H,1,15-17H2,(H,28,31)(H,29,30)/t25-/m1/s1. The molecule has 168 valence electrons. The SMILES string of the molecule is C=CCOc1ccc(C[C@@H](NC(=O)OCC2c3ccccc3-c3ccccc32)C(=O)O)cc1. The topological polar surface area (TPSA) is 84.9 Å². The molecule has 4 rings (SSSR count). The Morgan fingerprint density at radius 3 is 2.15 bits per heavy atom. The van der Waals surface area contributed by atoms with Crippen LogP contribution in [-0.2, 0) is 16.0 Å². The Morgan fingerprint density at radius 1 is 0.970 bits per heavy atom. The van der Waals surface area contributed by atoms with Gasteiger partial charge < -0.3 is 19.9 Å². The summed E-state index contributed by atoms with van der Waals surface area (Å²) < 4.78 is 10.9.